The number of aromatic nitrogens is 2. The van der Waals surface area contributed by atoms with Gasteiger partial charge in [0.05, 0.1) is 22.3 Å². The van der Waals surface area contributed by atoms with E-state index in [1.165, 1.54) is 10.6 Å². The number of primary amides is 1. The second-order valence-corrected chi connectivity index (χ2v) is 5.56. The van der Waals surface area contributed by atoms with Crippen LogP contribution in [0.5, 0.6) is 0 Å². The fourth-order valence-corrected chi connectivity index (χ4v) is 2.87. The molecule has 2 amide bonds. The van der Waals surface area contributed by atoms with E-state index in [1.807, 2.05) is 25.1 Å². The number of nitrogens with zero attached hydrogens (tertiary/aromatic N) is 2. The lowest BCUT2D eigenvalue weighted by atomic mass is 10.1. The number of anilines is 1. The topological polar surface area (TPSA) is 99.1 Å². The van der Waals surface area contributed by atoms with E-state index in [-0.39, 0.29) is 17.8 Å². The summed E-state index contributed by atoms with van der Waals surface area (Å²) in [4.78, 5) is 36.4. The molecule has 0 aliphatic heterocycles. The summed E-state index contributed by atoms with van der Waals surface area (Å²) in [5, 5.41) is 2.65. The smallest absolute Gasteiger partial charge is 0.329 e. The SMILES string of the molecule is CCn1c(=O)n(CC(=O)Nc2ccccc2C(N)=O)c2ccccc21. The third kappa shape index (κ3) is 3.03. The predicted molar refractivity (Wildman–Crippen MR) is 95.5 cm³/mol. The van der Waals surface area contributed by atoms with Crippen LogP contribution in [0.25, 0.3) is 11.0 Å². The van der Waals surface area contributed by atoms with Crippen LogP contribution < -0.4 is 16.7 Å². The van der Waals surface area contributed by atoms with Crippen molar-refractivity contribution in [3.05, 3.63) is 64.6 Å². The molecule has 3 rings (SSSR count). The molecular formula is C18H18N4O3. The van der Waals surface area contributed by atoms with E-state index in [0.717, 1.165) is 5.52 Å². The lowest BCUT2D eigenvalue weighted by Gasteiger charge is -2.09. The van der Waals surface area contributed by atoms with E-state index in [1.54, 1.807) is 28.8 Å². The monoisotopic (exact) mass is 338 g/mol. The van der Waals surface area contributed by atoms with Crippen LogP contribution in [0.3, 0.4) is 0 Å². The number of aryl methyl sites for hydroxylation is 1. The van der Waals surface area contributed by atoms with E-state index < -0.39 is 11.8 Å². The normalized spacial score (nSPS) is 10.8. The Bertz CT molecular complexity index is 1020. The molecule has 0 spiro atoms. The fraction of sp³-hybridized carbons (Fsp3) is 0.167. The van der Waals surface area contributed by atoms with Gasteiger partial charge < -0.3 is 11.1 Å². The zero-order valence-corrected chi connectivity index (χ0v) is 13.7. The van der Waals surface area contributed by atoms with Gasteiger partial charge in [0.15, 0.2) is 0 Å². The molecule has 0 fully saturated rings. The molecule has 3 N–H and O–H groups in total. The van der Waals surface area contributed by atoms with Crippen LogP contribution in [-0.4, -0.2) is 20.9 Å². The highest BCUT2D eigenvalue weighted by Crippen LogP contribution is 2.16. The number of benzene rings is 2. The Balaban J connectivity index is 1.93. The average Bonchev–Trinajstić information content (AvgIpc) is 2.86. The van der Waals surface area contributed by atoms with Gasteiger partial charge in [-0.2, -0.15) is 0 Å². The Labute approximate surface area is 143 Å². The molecule has 7 nitrogen and oxygen atoms in total. The minimum absolute atomic E-state index is 0.153. The first-order chi connectivity index (χ1) is 12.0. The molecule has 25 heavy (non-hydrogen) atoms. The number of carbonyl (C=O) groups is 2. The maximum absolute atomic E-state index is 12.6. The summed E-state index contributed by atoms with van der Waals surface area (Å²) in [6.07, 6.45) is 0. The molecule has 0 saturated heterocycles. The summed E-state index contributed by atoms with van der Waals surface area (Å²) >= 11 is 0. The first kappa shape index (κ1) is 16.5. The summed E-state index contributed by atoms with van der Waals surface area (Å²) in [5.41, 5.74) is 7.08. The molecule has 2 aromatic carbocycles. The number of para-hydroxylation sites is 3. The summed E-state index contributed by atoms with van der Waals surface area (Å²) < 4.78 is 3.03. The second kappa shape index (κ2) is 6.64. The zero-order chi connectivity index (χ0) is 18.0. The van der Waals surface area contributed by atoms with Crippen LogP contribution in [0.4, 0.5) is 5.69 Å². The van der Waals surface area contributed by atoms with E-state index >= 15 is 0 Å². The van der Waals surface area contributed by atoms with Gasteiger partial charge in [0.1, 0.15) is 6.54 Å². The van der Waals surface area contributed by atoms with Crippen molar-refractivity contribution in [1.82, 2.24) is 9.13 Å². The Kier molecular flexibility index (Phi) is 4.38. The van der Waals surface area contributed by atoms with E-state index in [0.29, 0.717) is 17.7 Å². The number of fused-ring (bicyclic) bond motifs is 1. The number of hydrogen-bond donors (Lipinski definition) is 2. The van der Waals surface area contributed by atoms with Gasteiger partial charge >= 0.3 is 5.69 Å². The number of amides is 2. The van der Waals surface area contributed by atoms with Crippen LogP contribution in [0.15, 0.2) is 53.3 Å². The van der Waals surface area contributed by atoms with E-state index in [2.05, 4.69) is 5.32 Å². The molecule has 1 heterocycles. The number of imidazole rings is 1. The predicted octanol–water partition coefficient (Wildman–Crippen LogP) is 1.56. The first-order valence-corrected chi connectivity index (χ1v) is 7.89. The maximum atomic E-state index is 12.6. The van der Waals surface area contributed by atoms with Crippen molar-refractivity contribution in [2.75, 3.05) is 5.32 Å². The van der Waals surface area contributed by atoms with Crippen molar-refractivity contribution in [1.29, 1.82) is 0 Å². The molecule has 7 heteroatoms. The molecule has 0 aliphatic carbocycles. The summed E-state index contributed by atoms with van der Waals surface area (Å²) in [6, 6.07) is 13.8. The van der Waals surface area contributed by atoms with Gasteiger partial charge in [-0.1, -0.05) is 24.3 Å². The lowest BCUT2D eigenvalue weighted by Crippen LogP contribution is -2.29. The number of carbonyl (C=O) groups excluding carboxylic acids is 2. The van der Waals surface area contributed by atoms with Crippen molar-refractivity contribution in [2.45, 2.75) is 20.0 Å². The standard InChI is InChI=1S/C18H18N4O3/c1-2-21-14-9-5-6-10-15(14)22(18(21)25)11-16(23)20-13-8-4-3-7-12(13)17(19)24/h3-10H,2,11H2,1H3,(H2,19,24)(H,20,23). The van der Waals surface area contributed by atoms with Gasteiger partial charge in [0.2, 0.25) is 5.91 Å². The quantitative estimate of drug-likeness (QED) is 0.738. The molecule has 128 valence electrons. The maximum Gasteiger partial charge on any atom is 0.329 e. The Morgan fingerprint density at radius 2 is 1.60 bits per heavy atom. The Morgan fingerprint density at radius 3 is 2.24 bits per heavy atom. The van der Waals surface area contributed by atoms with Crippen LogP contribution in [0, 0.1) is 0 Å². The molecule has 0 radical (unpaired) electrons. The molecule has 0 aliphatic rings. The Morgan fingerprint density at radius 1 is 1.00 bits per heavy atom. The van der Waals surface area contributed by atoms with Crippen LogP contribution in [-0.2, 0) is 17.9 Å². The van der Waals surface area contributed by atoms with Gasteiger partial charge in [-0.15, -0.1) is 0 Å². The highest BCUT2D eigenvalue weighted by Gasteiger charge is 2.16. The number of rotatable bonds is 5. The van der Waals surface area contributed by atoms with E-state index in [9.17, 15) is 14.4 Å². The minimum atomic E-state index is -0.629. The second-order valence-electron chi connectivity index (χ2n) is 5.56. The summed E-state index contributed by atoms with van der Waals surface area (Å²) in [7, 11) is 0. The Hall–Kier alpha value is -3.35. The van der Waals surface area contributed by atoms with Crippen molar-refractivity contribution >= 4 is 28.5 Å². The third-order valence-corrected chi connectivity index (χ3v) is 4.01. The summed E-state index contributed by atoms with van der Waals surface area (Å²) in [6.45, 7) is 2.24. The molecular weight excluding hydrogens is 320 g/mol. The molecule has 1 aromatic heterocycles. The molecule has 0 bridgehead atoms. The number of nitrogens with one attached hydrogen (secondary N) is 1. The van der Waals surface area contributed by atoms with Crippen LogP contribution in [0.2, 0.25) is 0 Å². The van der Waals surface area contributed by atoms with Gasteiger partial charge in [-0.3, -0.25) is 18.7 Å². The highest BCUT2D eigenvalue weighted by atomic mass is 16.2. The van der Waals surface area contributed by atoms with Gasteiger partial charge in [0.25, 0.3) is 5.91 Å². The highest BCUT2D eigenvalue weighted by molar-refractivity contribution is 6.03. The lowest BCUT2D eigenvalue weighted by molar-refractivity contribution is -0.116. The van der Waals surface area contributed by atoms with Crippen LogP contribution in [0.1, 0.15) is 17.3 Å². The fourth-order valence-electron chi connectivity index (χ4n) is 2.87. The number of nitrogens with two attached hydrogens (primary N) is 1. The average molecular weight is 338 g/mol. The van der Waals surface area contributed by atoms with Gasteiger partial charge in [0, 0.05) is 6.54 Å². The first-order valence-electron chi connectivity index (χ1n) is 7.89. The van der Waals surface area contributed by atoms with Gasteiger partial charge in [-0.05, 0) is 31.2 Å². The molecule has 0 unspecified atom stereocenters. The van der Waals surface area contributed by atoms with Crippen LogP contribution >= 0.6 is 0 Å². The van der Waals surface area contributed by atoms with Crippen molar-refractivity contribution in [3.8, 4) is 0 Å². The molecule has 0 atom stereocenters. The van der Waals surface area contributed by atoms with E-state index in [4.69, 9.17) is 5.73 Å². The number of hydrogen-bond acceptors (Lipinski definition) is 3. The largest absolute Gasteiger partial charge is 0.366 e. The van der Waals surface area contributed by atoms with Crippen molar-refractivity contribution in [2.24, 2.45) is 5.73 Å². The minimum Gasteiger partial charge on any atom is -0.366 e. The molecule has 3 aromatic rings. The molecule has 0 saturated carbocycles. The van der Waals surface area contributed by atoms with Gasteiger partial charge in [-0.25, -0.2) is 4.79 Å². The summed E-state index contributed by atoms with van der Waals surface area (Å²) in [5.74, 6) is -1.04. The van der Waals surface area contributed by atoms with Crippen molar-refractivity contribution < 1.29 is 9.59 Å². The third-order valence-electron chi connectivity index (χ3n) is 4.01. The zero-order valence-electron chi connectivity index (χ0n) is 13.7. The van der Waals surface area contributed by atoms with Crippen molar-refractivity contribution in [3.63, 3.8) is 0 Å².